The van der Waals surface area contributed by atoms with E-state index in [1.54, 1.807) is 0 Å². The second kappa shape index (κ2) is 10.0. The molecule has 1 amide bonds. The summed E-state index contributed by atoms with van der Waals surface area (Å²) in [5.41, 5.74) is 9.42. The van der Waals surface area contributed by atoms with Crippen LogP contribution in [0.15, 0.2) is 78.9 Å². The fourth-order valence-corrected chi connectivity index (χ4v) is 5.26. The Morgan fingerprint density at radius 1 is 0.737 bits per heavy atom. The van der Waals surface area contributed by atoms with E-state index in [9.17, 15) is 4.79 Å². The molecule has 0 spiro atoms. The zero-order valence-electron chi connectivity index (χ0n) is 21.6. The van der Waals surface area contributed by atoms with Crippen LogP contribution in [0, 0.1) is 13.8 Å². The molecule has 0 atom stereocenters. The number of aromatic nitrogens is 4. The molecule has 2 aliphatic heterocycles. The molecular formula is C31H30N6O. The number of aromatic amines is 2. The summed E-state index contributed by atoms with van der Waals surface area (Å²) < 4.78 is 0. The van der Waals surface area contributed by atoms with Crippen LogP contribution in [0.1, 0.15) is 33.4 Å². The lowest BCUT2D eigenvalue weighted by atomic mass is 10.1. The van der Waals surface area contributed by atoms with E-state index >= 15 is 0 Å². The number of amides is 1. The van der Waals surface area contributed by atoms with Gasteiger partial charge in [-0.15, -0.1) is 0 Å². The van der Waals surface area contributed by atoms with Gasteiger partial charge in [0.15, 0.2) is 0 Å². The number of fused-ring (bicyclic) bond motifs is 6. The van der Waals surface area contributed by atoms with Crippen LogP contribution in [0.4, 0.5) is 11.4 Å². The highest BCUT2D eigenvalue weighted by Gasteiger charge is 2.26. The molecule has 7 heteroatoms. The number of carbonyl (C=O) groups excluding carboxylic acids is 1. The van der Waals surface area contributed by atoms with Gasteiger partial charge >= 0.3 is 0 Å². The lowest BCUT2D eigenvalue weighted by Crippen LogP contribution is -2.32. The van der Waals surface area contributed by atoms with Crippen molar-refractivity contribution in [3.8, 4) is 22.5 Å². The highest BCUT2D eigenvalue weighted by molar-refractivity contribution is 6.08. The van der Waals surface area contributed by atoms with E-state index in [-0.39, 0.29) is 5.91 Å². The van der Waals surface area contributed by atoms with Crippen molar-refractivity contribution >= 4 is 17.3 Å². The molecule has 0 aliphatic carbocycles. The van der Waals surface area contributed by atoms with Gasteiger partial charge in [0, 0.05) is 59.7 Å². The lowest BCUT2D eigenvalue weighted by Gasteiger charge is -2.23. The zero-order valence-corrected chi connectivity index (χ0v) is 21.6. The van der Waals surface area contributed by atoms with Crippen LogP contribution in [0.5, 0.6) is 0 Å². The molecule has 5 aromatic rings. The predicted octanol–water partition coefficient (Wildman–Crippen LogP) is 5.94. The van der Waals surface area contributed by atoms with Crippen molar-refractivity contribution in [2.24, 2.45) is 0 Å². The summed E-state index contributed by atoms with van der Waals surface area (Å²) in [7, 11) is 0. The monoisotopic (exact) mass is 502 g/mol. The minimum atomic E-state index is 0.0277. The number of nitrogens with one attached hydrogen (secondary N) is 3. The van der Waals surface area contributed by atoms with Gasteiger partial charge in [0.25, 0.3) is 5.91 Å². The largest absolute Gasteiger partial charge is 0.384 e. The minimum absolute atomic E-state index is 0.0277. The van der Waals surface area contributed by atoms with E-state index in [1.165, 1.54) is 16.9 Å². The van der Waals surface area contributed by atoms with Gasteiger partial charge in [0.2, 0.25) is 0 Å². The van der Waals surface area contributed by atoms with Crippen molar-refractivity contribution in [1.82, 2.24) is 19.9 Å². The van der Waals surface area contributed by atoms with Gasteiger partial charge < -0.3 is 20.2 Å². The molecule has 190 valence electrons. The Hall–Kier alpha value is -4.65. The van der Waals surface area contributed by atoms with E-state index in [4.69, 9.17) is 0 Å². The fourth-order valence-electron chi connectivity index (χ4n) is 5.26. The van der Waals surface area contributed by atoms with Crippen LogP contribution in [-0.2, 0) is 12.8 Å². The van der Waals surface area contributed by atoms with Crippen molar-refractivity contribution in [1.29, 1.82) is 0 Å². The average Bonchev–Trinajstić information content (AvgIpc) is 3.41. The smallest absolute Gasteiger partial charge is 0.258 e. The molecule has 4 heterocycles. The van der Waals surface area contributed by atoms with E-state index in [2.05, 4.69) is 49.5 Å². The normalized spacial score (nSPS) is 13.4. The summed E-state index contributed by atoms with van der Waals surface area (Å²) in [5, 5.41) is 3.42. The molecular weight excluding hydrogens is 472 g/mol. The summed E-state index contributed by atoms with van der Waals surface area (Å²) in [4.78, 5) is 30.6. The Morgan fingerprint density at radius 2 is 1.34 bits per heavy atom. The number of anilines is 2. The summed E-state index contributed by atoms with van der Waals surface area (Å²) in [6.45, 7) is 5.57. The van der Waals surface area contributed by atoms with E-state index in [0.29, 0.717) is 12.1 Å². The highest BCUT2D eigenvalue weighted by atomic mass is 16.2. The number of hydrogen-bond donors (Lipinski definition) is 3. The van der Waals surface area contributed by atoms with Crippen LogP contribution in [-0.4, -0.2) is 38.9 Å². The van der Waals surface area contributed by atoms with Crippen LogP contribution in [0.25, 0.3) is 22.5 Å². The first-order valence-corrected chi connectivity index (χ1v) is 13.0. The number of aryl methyl sites for hydroxylation is 2. The van der Waals surface area contributed by atoms with Crippen LogP contribution in [0.3, 0.4) is 0 Å². The summed E-state index contributed by atoms with van der Waals surface area (Å²) in [5.74, 6) is 1.93. The van der Waals surface area contributed by atoms with Gasteiger partial charge in [-0.3, -0.25) is 4.79 Å². The Bertz CT molecular complexity index is 1600. The average molecular weight is 503 g/mol. The molecule has 0 unspecified atom stereocenters. The Kier molecular flexibility index (Phi) is 6.25. The quantitative estimate of drug-likeness (QED) is 0.265. The Balaban J connectivity index is 0.000000152. The number of benzene rings is 3. The number of hydrogen-bond acceptors (Lipinski definition) is 4. The first kappa shape index (κ1) is 23.7. The molecule has 7 nitrogen and oxygen atoms in total. The molecule has 38 heavy (non-hydrogen) atoms. The van der Waals surface area contributed by atoms with Crippen LogP contribution in [0.2, 0.25) is 0 Å². The topological polar surface area (TPSA) is 89.7 Å². The van der Waals surface area contributed by atoms with Gasteiger partial charge in [-0.25, -0.2) is 9.97 Å². The molecule has 3 aromatic carbocycles. The van der Waals surface area contributed by atoms with Gasteiger partial charge in [-0.1, -0.05) is 54.6 Å². The summed E-state index contributed by atoms with van der Waals surface area (Å²) in [6, 6.07) is 25.7. The molecule has 0 saturated carbocycles. The first-order valence-electron chi connectivity index (χ1n) is 13.0. The molecule has 3 N–H and O–H groups in total. The van der Waals surface area contributed by atoms with Gasteiger partial charge in [-0.05, 0) is 38.1 Å². The predicted molar refractivity (Wildman–Crippen MR) is 152 cm³/mol. The maximum Gasteiger partial charge on any atom is 0.258 e. The van der Waals surface area contributed by atoms with E-state index in [1.807, 2.05) is 73.3 Å². The molecule has 0 radical (unpaired) electrons. The maximum atomic E-state index is 13.0. The van der Waals surface area contributed by atoms with Gasteiger partial charge in [0.05, 0.1) is 17.1 Å². The number of carbonyl (C=O) groups is 1. The molecule has 2 aromatic heterocycles. The third-order valence-electron chi connectivity index (χ3n) is 6.97. The van der Waals surface area contributed by atoms with Crippen molar-refractivity contribution in [2.75, 3.05) is 23.3 Å². The maximum absolute atomic E-state index is 13.0. The van der Waals surface area contributed by atoms with Crippen molar-refractivity contribution in [3.63, 3.8) is 0 Å². The fraction of sp³-hybridized carbons (Fsp3) is 0.194. The minimum Gasteiger partial charge on any atom is -0.384 e. The molecule has 0 fully saturated rings. The van der Waals surface area contributed by atoms with Crippen molar-refractivity contribution in [2.45, 2.75) is 26.7 Å². The number of H-pyrrole nitrogens is 2. The second-order valence-electron chi connectivity index (χ2n) is 9.61. The second-order valence-corrected chi connectivity index (χ2v) is 9.61. The van der Waals surface area contributed by atoms with Crippen LogP contribution >= 0.6 is 0 Å². The Morgan fingerprint density at radius 3 is 2.11 bits per heavy atom. The number of para-hydroxylation sites is 2. The van der Waals surface area contributed by atoms with E-state index in [0.717, 1.165) is 59.4 Å². The lowest BCUT2D eigenvalue weighted by molar-refractivity contribution is 0.0987. The van der Waals surface area contributed by atoms with E-state index < -0.39 is 0 Å². The molecule has 7 rings (SSSR count). The van der Waals surface area contributed by atoms with Gasteiger partial charge in [0.1, 0.15) is 11.6 Å². The number of rotatable bonds is 1. The first-order chi connectivity index (χ1) is 18.6. The summed E-state index contributed by atoms with van der Waals surface area (Å²) in [6.07, 6.45) is 1.77. The molecule has 0 bridgehead atoms. The van der Waals surface area contributed by atoms with Crippen LogP contribution < -0.4 is 10.2 Å². The third-order valence-corrected chi connectivity index (χ3v) is 6.97. The molecule has 0 saturated heterocycles. The number of imidazole rings is 2. The van der Waals surface area contributed by atoms with Crippen molar-refractivity contribution < 1.29 is 4.79 Å². The summed E-state index contributed by atoms with van der Waals surface area (Å²) >= 11 is 0. The third kappa shape index (κ3) is 4.47. The standard InChI is InChI=1S/C19H17N3O.C12H13N3/c1-13-20-16-11-12-22(19(23)14-7-3-2-4-8-14)17-10-6-5-9-15(17)18(16)21-13;1-8-14-11-6-7-13-10-5-3-2-4-9(10)12(11)15-8/h2-10H,11-12H2,1H3,(H,20,21);2-5,13H,6-7H2,1H3,(H,14,15). The highest BCUT2D eigenvalue weighted by Crippen LogP contribution is 2.36. The van der Waals surface area contributed by atoms with Gasteiger partial charge in [-0.2, -0.15) is 0 Å². The van der Waals surface area contributed by atoms with Crippen molar-refractivity contribution in [3.05, 3.63) is 107 Å². The Labute approximate surface area is 222 Å². The SMILES string of the molecule is Cc1nc2c([nH]1)CCN(C(=O)c1ccccc1)c1ccccc1-2.Cc1nc2c([nH]1)CCNc1ccccc1-2. The molecule has 2 aliphatic rings. The number of nitrogens with zero attached hydrogens (tertiary/aromatic N) is 3. The zero-order chi connectivity index (χ0) is 26.1.